The summed E-state index contributed by atoms with van der Waals surface area (Å²) in [6.45, 7) is 9.04. The fourth-order valence-electron chi connectivity index (χ4n) is 3.58. The van der Waals surface area contributed by atoms with Gasteiger partial charge in [0.15, 0.2) is 0 Å². The predicted molar refractivity (Wildman–Crippen MR) is 91.9 cm³/mol. The van der Waals surface area contributed by atoms with Gasteiger partial charge in [0, 0.05) is 24.8 Å². The molecule has 1 aliphatic carbocycles. The molecule has 118 valence electrons. The second kappa shape index (κ2) is 9.16. The van der Waals surface area contributed by atoms with Crippen molar-refractivity contribution >= 4 is 6.72 Å². The Bertz CT molecular complexity index is 359. The summed E-state index contributed by atoms with van der Waals surface area (Å²) < 4.78 is 0. The van der Waals surface area contributed by atoms with Crippen molar-refractivity contribution in [2.75, 3.05) is 19.6 Å². The van der Waals surface area contributed by atoms with Crippen molar-refractivity contribution in [3.63, 3.8) is 0 Å². The first kappa shape index (κ1) is 16.4. The molecule has 3 nitrogen and oxygen atoms in total. The molecule has 1 saturated heterocycles. The largest absolute Gasteiger partial charge is 0.310 e. The van der Waals surface area contributed by atoms with E-state index in [0.29, 0.717) is 6.04 Å². The average Bonchev–Trinajstić information content (AvgIpc) is 2.53. The van der Waals surface area contributed by atoms with Gasteiger partial charge in [-0.1, -0.05) is 31.4 Å². The number of hydrogen-bond acceptors (Lipinski definition) is 3. The van der Waals surface area contributed by atoms with Crippen LogP contribution < -0.4 is 5.32 Å². The van der Waals surface area contributed by atoms with E-state index in [1.807, 2.05) is 6.92 Å². The van der Waals surface area contributed by atoms with E-state index in [4.69, 9.17) is 0 Å². The maximum Gasteiger partial charge on any atom is 0.0289 e. The van der Waals surface area contributed by atoms with E-state index >= 15 is 0 Å². The fraction of sp³-hybridized carbons (Fsp3) is 0.722. The Morgan fingerprint density at radius 2 is 1.90 bits per heavy atom. The number of likely N-dealkylation sites (tertiary alicyclic amines) is 1. The minimum atomic E-state index is 0.691. The third-order valence-corrected chi connectivity index (χ3v) is 4.82. The Balaban J connectivity index is 1.62. The second-order valence-corrected chi connectivity index (χ2v) is 6.47. The van der Waals surface area contributed by atoms with Gasteiger partial charge in [-0.25, -0.2) is 0 Å². The van der Waals surface area contributed by atoms with E-state index in [1.54, 1.807) is 6.20 Å². The predicted octanol–water partition coefficient (Wildman–Crippen LogP) is 3.53. The summed E-state index contributed by atoms with van der Waals surface area (Å²) in [5.74, 6) is 0. The van der Waals surface area contributed by atoms with Crippen molar-refractivity contribution < 1.29 is 0 Å². The topological polar surface area (TPSA) is 27.6 Å². The van der Waals surface area contributed by atoms with Crippen molar-refractivity contribution in [1.29, 1.82) is 0 Å². The molecule has 0 unspecified atom stereocenters. The Labute approximate surface area is 130 Å². The van der Waals surface area contributed by atoms with Crippen LogP contribution in [0.15, 0.2) is 28.9 Å². The normalized spacial score (nSPS) is 23.8. The van der Waals surface area contributed by atoms with Gasteiger partial charge in [-0.3, -0.25) is 4.99 Å². The summed E-state index contributed by atoms with van der Waals surface area (Å²) in [4.78, 5) is 6.51. The minimum absolute atomic E-state index is 0.691. The smallest absolute Gasteiger partial charge is 0.0289 e. The van der Waals surface area contributed by atoms with Gasteiger partial charge in [-0.2, -0.15) is 0 Å². The molecule has 0 amide bonds. The third-order valence-electron chi connectivity index (χ3n) is 4.82. The lowest BCUT2D eigenvalue weighted by atomic mass is 9.92. The van der Waals surface area contributed by atoms with Crippen molar-refractivity contribution in [1.82, 2.24) is 10.2 Å². The lowest BCUT2D eigenvalue weighted by Crippen LogP contribution is -2.47. The average molecular weight is 289 g/mol. The van der Waals surface area contributed by atoms with Gasteiger partial charge < -0.3 is 10.2 Å². The number of nitrogens with zero attached hydrogens (tertiary/aromatic N) is 2. The van der Waals surface area contributed by atoms with Crippen molar-refractivity contribution in [2.24, 2.45) is 4.99 Å². The molecule has 0 aromatic rings. The number of aliphatic imine (C=N–C) groups is 1. The Morgan fingerprint density at radius 3 is 2.57 bits per heavy atom. The van der Waals surface area contributed by atoms with E-state index in [2.05, 4.69) is 34.1 Å². The third kappa shape index (κ3) is 5.76. The molecule has 0 aromatic heterocycles. The molecule has 1 aliphatic heterocycles. The fourth-order valence-corrected chi connectivity index (χ4v) is 3.58. The number of hydrogen-bond donors (Lipinski definition) is 1. The summed E-state index contributed by atoms with van der Waals surface area (Å²) in [6.07, 6.45) is 15.9. The monoisotopic (exact) mass is 289 g/mol. The van der Waals surface area contributed by atoms with Gasteiger partial charge in [0.05, 0.1) is 0 Å². The van der Waals surface area contributed by atoms with Crippen LogP contribution >= 0.6 is 0 Å². The number of allylic oxidation sites excluding steroid dienone is 2. The molecule has 0 spiro atoms. The van der Waals surface area contributed by atoms with E-state index < -0.39 is 0 Å². The van der Waals surface area contributed by atoms with Crippen LogP contribution in [0.1, 0.15) is 51.9 Å². The number of nitrogens with one attached hydrogen (secondary N) is 1. The zero-order valence-corrected chi connectivity index (χ0v) is 13.6. The van der Waals surface area contributed by atoms with Crippen LogP contribution in [0.4, 0.5) is 0 Å². The van der Waals surface area contributed by atoms with Crippen LogP contribution in [-0.2, 0) is 0 Å². The van der Waals surface area contributed by atoms with Crippen LogP contribution in [0, 0.1) is 0 Å². The first-order chi connectivity index (χ1) is 10.3. The summed E-state index contributed by atoms with van der Waals surface area (Å²) >= 11 is 0. The Hall–Kier alpha value is -0.930. The molecule has 1 saturated carbocycles. The van der Waals surface area contributed by atoms with Crippen molar-refractivity contribution in [2.45, 2.75) is 64.0 Å². The summed E-state index contributed by atoms with van der Waals surface area (Å²) in [5.41, 5.74) is 1.15. The molecule has 0 radical (unpaired) electrons. The van der Waals surface area contributed by atoms with Crippen LogP contribution in [-0.4, -0.2) is 43.3 Å². The molecule has 21 heavy (non-hydrogen) atoms. The maximum absolute atomic E-state index is 3.77. The molecule has 2 aliphatic rings. The quantitative estimate of drug-likeness (QED) is 0.598. The first-order valence-electron chi connectivity index (χ1n) is 8.56. The highest BCUT2D eigenvalue weighted by Gasteiger charge is 2.25. The standard InChI is InChI=1S/C18H31N3/c1-16(15-19-2)7-6-12-20-17-10-13-21(14-11-17)18-8-4-3-5-9-18/h6-7,15,17-18,20H,2-5,8-14H2,1H3/b7-6-,16-15-. The van der Waals surface area contributed by atoms with Gasteiger partial charge in [0.2, 0.25) is 0 Å². The summed E-state index contributed by atoms with van der Waals surface area (Å²) in [5, 5.41) is 3.66. The van der Waals surface area contributed by atoms with Crippen molar-refractivity contribution in [3.8, 4) is 0 Å². The molecule has 0 aromatic carbocycles. The summed E-state index contributed by atoms with van der Waals surface area (Å²) in [7, 11) is 0. The van der Waals surface area contributed by atoms with Crippen LogP contribution in [0.2, 0.25) is 0 Å². The molecule has 0 atom stereocenters. The van der Waals surface area contributed by atoms with Gasteiger partial charge in [0.25, 0.3) is 0 Å². The lowest BCUT2D eigenvalue weighted by Gasteiger charge is -2.39. The second-order valence-electron chi connectivity index (χ2n) is 6.47. The van der Waals surface area contributed by atoms with E-state index in [9.17, 15) is 0 Å². The van der Waals surface area contributed by atoms with E-state index in [0.717, 1.165) is 18.2 Å². The van der Waals surface area contributed by atoms with Crippen molar-refractivity contribution in [3.05, 3.63) is 23.9 Å². The van der Waals surface area contributed by atoms with Gasteiger partial charge >= 0.3 is 0 Å². The molecule has 0 bridgehead atoms. The molecular weight excluding hydrogens is 258 g/mol. The molecule has 3 heteroatoms. The maximum atomic E-state index is 3.77. The molecule has 2 fully saturated rings. The SMILES string of the molecule is C=N/C=C(C)\C=C/CNC1CCN(C2CCCCC2)CC1. The highest BCUT2D eigenvalue weighted by Crippen LogP contribution is 2.25. The minimum Gasteiger partial charge on any atom is -0.310 e. The molecule has 1 heterocycles. The molecule has 1 N–H and O–H groups in total. The zero-order chi connectivity index (χ0) is 14.9. The highest BCUT2D eigenvalue weighted by molar-refractivity contribution is 5.28. The van der Waals surface area contributed by atoms with Crippen LogP contribution in [0.5, 0.6) is 0 Å². The Morgan fingerprint density at radius 1 is 1.19 bits per heavy atom. The lowest BCUT2D eigenvalue weighted by molar-refractivity contribution is 0.116. The Kier molecular flexibility index (Phi) is 7.17. The van der Waals surface area contributed by atoms with Gasteiger partial charge in [-0.15, -0.1) is 0 Å². The van der Waals surface area contributed by atoms with Crippen LogP contribution in [0.25, 0.3) is 0 Å². The molecule has 2 rings (SSSR count). The van der Waals surface area contributed by atoms with Gasteiger partial charge in [-0.05, 0) is 58.0 Å². The van der Waals surface area contributed by atoms with Crippen LogP contribution in [0.3, 0.4) is 0 Å². The highest BCUT2D eigenvalue weighted by atomic mass is 15.2. The number of rotatable bonds is 6. The summed E-state index contributed by atoms with van der Waals surface area (Å²) in [6, 6.07) is 1.58. The number of piperidine rings is 1. The van der Waals surface area contributed by atoms with Gasteiger partial charge in [0.1, 0.15) is 0 Å². The zero-order valence-electron chi connectivity index (χ0n) is 13.6. The van der Waals surface area contributed by atoms with E-state index in [-0.39, 0.29) is 0 Å². The first-order valence-corrected chi connectivity index (χ1v) is 8.56. The van der Waals surface area contributed by atoms with E-state index in [1.165, 1.54) is 58.0 Å². The molecular formula is C18H31N3.